The van der Waals surface area contributed by atoms with E-state index in [0.717, 1.165) is 12.3 Å². The van der Waals surface area contributed by atoms with Crippen LogP contribution < -0.4 is 5.32 Å². The lowest BCUT2D eigenvalue weighted by atomic mass is 10.2. The Morgan fingerprint density at radius 3 is 2.62 bits per heavy atom. The number of nitro groups is 1. The van der Waals surface area contributed by atoms with Crippen molar-refractivity contribution in [3.63, 3.8) is 0 Å². The summed E-state index contributed by atoms with van der Waals surface area (Å²) in [4.78, 5) is 24.3. The van der Waals surface area contributed by atoms with Crippen LogP contribution in [0.25, 0.3) is 0 Å². The highest BCUT2D eigenvalue weighted by Gasteiger charge is 2.25. The van der Waals surface area contributed by atoms with E-state index in [0.29, 0.717) is 0 Å². The van der Waals surface area contributed by atoms with Gasteiger partial charge in [-0.15, -0.1) is 0 Å². The van der Waals surface area contributed by atoms with Crippen LogP contribution in [-0.4, -0.2) is 33.7 Å². The molecule has 0 radical (unpaired) electrons. The van der Waals surface area contributed by atoms with E-state index in [4.69, 9.17) is 5.11 Å². The fourth-order valence-corrected chi connectivity index (χ4v) is 1.53. The summed E-state index contributed by atoms with van der Waals surface area (Å²) in [6.07, 6.45) is -4.18. The molecule has 10 heteroatoms. The molecule has 0 aliphatic carbocycles. The predicted octanol–water partition coefficient (Wildman–Crippen LogP) is 2.83. The highest BCUT2D eigenvalue weighted by molar-refractivity contribution is 5.93. The molecule has 0 saturated heterocycles. The third-order valence-corrected chi connectivity index (χ3v) is 2.50. The summed E-state index contributed by atoms with van der Waals surface area (Å²) in [6.45, 7) is 0.153. The number of carbonyl (C=O) groups is 1. The first-order valence-electron chi connectivity index (χ1n) is 5.89. The van der Waals surface area contributed by atoms with E-state index >= 15 is 0 Å². The molecule has 1 rings (SSSR count). The van der Waals surface area contributed by atoms with Crippen molar-refractivity contribution in [3.05, 3.63) is 27.9 Å². The number of alkyl halides is 3. The Hall–Kier alpha value is -2.39. The van der Waals surface area contributed by atoms with Crippen molar-refractivity contribution in [2.75, 3.05) is 11.9 Å². The molecule has 116 valence electrons. The second-order valence-electron chi connectivity index (χ2n) is 4.15. The summed E-state index contributed by atoms with van der Waals surface area (Å²) in [7, 11) is 0. The lowest BCUT2D eigenvalue weighted by Crippen LogP contribution is -2.10. The number of halogens is 3. The first-order valence-corrected chi connectivity index (χ1v) is 5.89. The maximum Gasteiger partial charge on any atom is 0.389 e. The zero-order chi connectivity index (χ0) is 16.0. The fourth-order valence-electron chi connectivity index (χ4n) is 1.53. The average Bonchev–Trinajstić information content (AvgIpc) is 2.36. The molecule has 0 spiro atoms. The number of unbranched alkanes of at least 4 members (excludes halogenated alkanes) is 1. The van der Waals surface area contributed by atoms with Crippen LogP contribution in [0.2, 0.25) is 0 Å². The number of carboxylic acids is 1. The molecular weight excluding hydrogens is 295 g/mol. The van der Waals surface area contributed by atoms with Crippen LogP contribution in [0.5, 0.6) is 0 Å². The topological polar surface area (TPSA) is 105 Å². The minimum absolute atomic E-state index is 0.0602. The van der Waals surface area contributed by atoms with E-state index in [1.807, 2.05) is 0 Å². The normalized spacial score (nSPS) is 11.2. The van der Waals surface area contributed by atoms with Gasteiger partial charge in [0.25, 0.3) is 0 Å². The van der Waals surface area contributed by atoms with Crippen molar-refractivity contribution in [3.8, 4) is 0 Å². The maximum atomic E-state index is 11.9. The quantitative estimate of drug-likeness (QED) is 0.456. The number of rotatable bonds is 7. The number of aromatic carboxylic acids is 1. The Morgan fingerprint density at radius 1 is 1.43 bits per heavy atom. The van der Waals surface area contributed by atoms with E-state index in [2.05, 4.69) is 10.3 Å². The van der Waals surface area contributed by atoms with Gasteiger partial charge < -0.3 is 10.4 Å². The van der Waals surface area contributed by atoms with Crippen molar-refractivity contribution in [2.24, 2.45) is 0 Å². The van der Waals surface area contributed by atoms with Crippen molar-refractivity contribution < 1.29 is 28.0 Å². The van der Waals surface area contributed by atoms with Gasteiger partial charge in [-0.2, -0.15) is 13.2 Å². The lowest BCUT2D eigenvalue weighted by molar-refractivity contribution is -0.385. The first kappa shape index (κ1) is 16.7. The Kier molecular flexibility index (Phi) is 5.44. The molecule has 0 unspecified atom stereocenters. The van der Waals surface area contributed by atoms with Crippen LogP contribution in [0.4, 0.5) is 24.7 Å². The number of hydrogen-bond acceptors (Lipinski definition) is 5. The van der Waals surface area contributed by atoms with Gasteiger partial charge in [0.15, 0.2) is 0 Å². The summed E-state index contributed by atoms with van der Waals surface area (Å²) >= 11 is 0. The second-order valence-corrected chi connectivity index (χ2v) is 4.15. The van der Waals surface area contributed by atoms with Crippen LogP contribution in [0, 0.1) is 10.1 Å². The summed E-state index contributed by atoms with van der Waals surface area (Å²) in [6, 6.07) is 0.976. The van der Waals surface area contributed by atoms with E-state index < -0.39 is 34.7 Å². The highest BCUT2D eigenvalue weighted by atomic mass is 19.4. The van der Waals surface area contributed by atoms with Gasteiger partial charge in [-0.1, -0.05) is 0 Å². The van der Waals surface area contributed by atoms with Gasteiger partial charge in [0.05, 0.1) is 4.92 Å². The Bertz CT molecular complexity index is 534. The maximum absolute atomic E-state index is 11.9. The molecule has 2 N–H and O–H groups in total. The number of hydrogen-bond donors (Lipinski definition) is 2. The number of nitrogens with zero attached hydrogens (tertiary/aromatic N) is 2. The third-order valence-electron chi connectivity index (χ3n) is 2.50. The van der Waals surface area contributed by atoms with Gasteiger partial charge in [-0.25, -0.2) is 9.78 Å². The van der Waals surface area contributed by atoms with E-state index in [-0.39, 0.29) is 25.2 Å². The molecular formula is C11H12F3N3O4. The molecule has 1 aromatic rings. The standard InChI is InChI=1S/C11H12F3N3O4/c12-11(13,14)3-1-2-4-15-9-5-7(10(18)19)8(6-16-9)17(20)21/h5-6H,1-4H2,(H,15,16)(H,18,19). The Labute approximate surface area is 116 Å². The van der Waals surface area contributed by atoms with Crippen LogP contribution >= 0.6 is 0 Å². The number of aromatic nitrogens is 1. The van der Waals surface area contributed by atoms with Crippen LogP contribution in [0.1, 0.15) is 29.6 Å². The molecule has 1 aromatic heterocycles. The zero-order valence-corrected chi connectivity index (χ0v) is 10.7. The summed E-state index contributed by atoms with van der Waals surface area (Å²) in [5.41, 5.74) is -1.18. The molecule has 1 heterocycles. The van der Waals surface area contributed by atoms with Crippen molar-refractivity contribution in [1.29, 1.82) is 0 Å². The molecule has 0 amide bonds. The molecule has 0 aliphatic rings. The number of carboxylic acid groups (broad SMARTS) is 1. The molecule has 21 heavy (non-hydrogen) atoms. The number of pyridine rings is 1. The molecule has 7 nitrogen and oxygen atoms in total. The van der Waals surface area contributed by atoms with Crippen molar-refractivity contribution in [1.82, 2.24) is 4.98 Å². The number of anilines is 1. The van der Waals surface area contributed by atoms with Gasteiger partial charge in [0, 0.05) is 19.0 Å². The Balaban J connectivity index is 2.59. The average molecular weight is 307 g/mol. The minimum Gasteiger partial charge on any atom is -0.477 e. The summed E-state index contributed by atoms with van der Waals surface area (Å²) in [5, 5.41) is 22.1. The van der Waals surface area contributed by atoms with E-state index in [1.54, 1.807) is 0 Å². The number of nitrogens with one attached hydrogen (secondary N) is 1. The fraction of sp³-hybridized carbons (Fsp3) is 0.455. The third kappa shape index (κ3) is 5.63. The summed E-state index contributed by atoms with van der Waals surface area (Å²) in [5.74, 6) is -1.42. The first-order chi connectivity index (χ1) is 9.70. The van der Waals surface area contributed by atoms with E-state index in [9.17, 15) is 28.1 Å². The molecule has 0 fully saturated rings. The SMILES string of the molecule is O=C(O)c1cc(NCCCCC(F)(F)F)ncc1[N+](=O)[O-]. The lowest BCUT2D eigenvalue weighted by Gasteiger charge is -2.08. The zero-order valence-electron chi connectivity index (χ0n) is 10.7. The van der Waals surface area contributed by atoms with Gasteiger partial charge in [-0.3, -0.25) is 10.1 Å². The molecule has 0 atom stereocenters. The summed E-state index contributed by atoms with van der Waals surface area (Å²) < 4.78 is 35.7. The van der Waals surface area contributed by atoms with E-state index in [1.165, 1.54) is 0 Å². The van der Waals surface area contributed by atoms with Crippen molar-refractivity contribution in [2.45, 2.75) is 25.4 Å². The van der Waals surface area contributed by atoms with Gasteiger partial charge in [0.2, 0.25) is 0 Å². The molecule has 0 saturated carbocycles. The van der Waals surface area contributed by atoms with Gasteiger partial charge in [-0.05, 0) is 12.8 Å². The second kappa shape index (κ2) is 6.86. The Morgan fingerprint density at radius 2 is 2.10 bits per heavy atom. The van der Waals surface area contributed by atoms with Gasteiger partial charge in [0.1, 0.15) is 17.6 Å². The van der Waals surface area contributed by atoms with Crippen LogP contribution in [0.15, 0.2) is 12.3 Å². The van der Waals surface area contributed by atoms with Crippen LogP contribution in [-0.2, 0) is 0 Å². The van der Waals surface area contributed by atoms with Crippen LogP contribution in [0.3, 0.4) is 0 Å². The van der Waals surface area contributed by atoms with Crippen molar-refractivity contribution >= 4 is 17.5 Å². The predicted molar refractivity (Wildman–Crippen MR) is 66.2 cm³/mol. The highest BCUT2D eigenvalue weighted by Crippen LogP contribution is 2.23. The molecule has 0 bridgehead atoms. The van der Waals surface area contributed by atoms with Gasteiger partial charge >= 0.3 is 17.8 Å². The largest absolute Gasteiger partial charge is 0.477 e. The monoisotopic (exact) mass is 307 g/mol. The molecule has 0 aromatic carbocycles. The molecule has 0 aliphatic heterocycles. The minimum atomic E-state index is -4.21. The smallest absolute Gasteiger partial charge is 0.389 e.